The van der Waals surface area contributed by atoms with Crippen LogP contribution < -0.4 is 4.74 Å². The predicted molar refractivity (Wildman–Crippen MR) is 122 cm³/mol. The van der Waals surface area contributed by atoms with Crippen molar-refractivity contribution in [3.05, 3.63) is 99.3 Å². The SMILES string of the molecule is COc1cc(/C(O)=C2/C(=O)C(=O)N(Cc3cccnc3)C2c2ccc(Cl)cc2)ccc1Cl. The second kappa shape index (κ2) is 9.02. The van der Waals surface area contributed by atoms with Gasteiger partial charge in [0.15, 0.2) is 0 Å². The van der Waals surface area contributed by atoms with Crippen LogP contribution in [0.3, 0.4) is 0 Å². The zero-order chi connectivity index (χ0) is 22.8. The number of likely N-dealkylation sites (tertiary alicyclic amines) is 1. The molecule has 32 heavy (non-hydrogen) atoms. The molecule has 162 valence electrons. The number of hydrogen-bond acceptors (Lipinski definition) is 5. The number of carbonyl (C=O) groups is 2. The first-order valence-corrected chi connectivity index (χ1v) is 10.4. The lowest BCUT2D eigenvalue weighted by Crippen LogP contribution is -2.29. The maximum atomic E-state index is 13.1. The van der Waals surface area contributed by atoms with Crippen LogP contribution in [-0.4, -0.2) is 33.8 Å². The van der Waals surface area contributed by atoms with Crippen LogP contribution in [0.2, 0.25) is 10.0 Å². The fourth-order valence-corrected chi connectivity index (χ4v) is 4.01. The molecule has 1 amide bonds. The molecule has 4 rings (SSSR count). The summed E-state index contributed by atoms with van der Waals surface area (Å²) in [6.45, 7) is 0.145. The molecule has 1 atom stereocenters. The number of ketones is 1. The Labute approximate surface area is 194 Å². The van der Waals surface area contributed by atoms with Gasteiger partial charge in [-0.05, 0) is 47.5 Å². The van der Waals surface area contributed by atoms with Crippen molar-refractivity contribution >= 4 is 40.7 Å². The highest BCUT2D eigenvalue weighted by Crippen LogP contribution is 2.41. The third kappa shape index (κ3) is 4.07. The van der Waals surface area contributed by atoms with Gasteiger partial charge < -0.3 is 14.7 Å². The molecule has 1 aromatic heterocycles. The lowest BCUT2D eigenvalue weighted by Gasteiger charge is -2.25. The van der Waals surface area contributed by atoms with E-state index < -0.39 is 17.7 Å². The molecule has 1 aliphatic rings. The number of carbonyl (C=O) groups excluding carboxylic acids is 2. The lowest BCUT2D eigenvalue weighted by atomic mass is 9.95. The molecule has 6 nitrogen and oxygen atoms in total. The molecule has 2 aromatic carbocycles. The van der Waals surface area contributed by atoms with Crippen molar-refractivity contribution < 1.29 is 19.4 Å². The second-order valence-electron chi connectivity index (χ2n) is 7.19. The lowest BCUT2D eigenvalue weighted by molar-refractivity contribution is -0.140. The number of halogens is 2. The number of rotatable bonds is 5. The van der Waals surface area contributed by atoms with Gasteiger partial charge >= 0.3 is 0 Å². The fraction of sp³-hybridized carbons (Fsp3) is 0.125. The van der Waals surface area contributed by atoms with E-state index in [-0.39, 0.29) is 17.9 Å². The van der Waals surface area contributed by atoms with E-state index in [1.807, 2.05) is 6.07 Å². The normalized spacial score (nSPS) is 17.6. The molecular formula is C24H18Cl2N2O4. The monoisotopic (exact) mass is 468 g/mol. The van der Waals surface area contributed by atoms with E-state index in [0.29, 0.717) is 26.9 Å². The van der Waals surface area contributed by atoms with Crippen LogP contribution in [0.25, 0.3) is 5.76 Å². The van der Waals surface area contributed by atoms with Gasteiger partial charge in [-0.3, -0.25) is 14.6 Å². The molecule has 1 saturated heterocycles. The van der Waals surface area contributed by atoms with Gasteiger partial charge in [-0.25, -0.2) is 0 Å². The summed E-state index contributed by atoms with van der Waals surface area (Å²) >= 11 is 12.1. The first kappa shape index (κ1) is 21.9. The summed E-state index contributed by atoms with van der Waals surface area (Å²) in [5, 5.41) is 12.0. The van der Waals surface area contributed by atoms with Crippen LogP contribution in [0, 0.1) is 0 Å². The maximum Gasteiger partial charge on any atom is 0.295 e. The van der Waals surface area contributed by atoms with Crippen molar-refractivity contribution in [3.8, 4) is 5.75 Å². The highest BCUT2D eigenvalue weighted by Gasteiger charge is 2.46. The minimum Gasteiger partial charge on any atom is -0.507 e. The number of hydrogen-bond donors (Lipinski definition) is 1. The van der Waals surface area contributed by atoms with Gasteiger partial charge in [0.2, 0.25) is 0 Å². The Bertz CT molecular complexity index is 1210. The van der Waals surface area contributed by atoms with E-state index in [9.17, 15) is 14.7 Å². The van der Waals surface area contributed by atoms with Crippen LogP contribution in [0.5, 0.6) is 5.75 Å². The van der Waals surface area contributed by atoms with Crippen molar-refractivity contribution in [1.29, 1.82) is 0 Å². The van der Waals surface area contributed by atoms with Gasteiger partial charge in [0.05, 0.1) is 23.7 Å². The van der Waals surface area contributed by atoms with Gasteiger partial charge in [-0.15, -0.1) is 0 Å². The van der Waals surface area contributed by atoms with E-state index in [2.05, 4.69) is 4.98 Å². The Morgan fingerprint density at radius 2 is 1.88 bits per heavy atom. The molecule has 0 aliphatic carbocycles. The van der Waals surface area contributed by atoms with E-state index in [1.165, 1.54) is 18.1 Å². The highest BCUT2D eigenvalue weighted by molar-refractivity contribution is 6.46. The van der Waals surface area contributed by atoms with Gasteiger partial charge in [0.1, 0.15) is 11.5 Å². The van der Waals surface area contributed by atoms with Crippen LogP contribution >= 0.6 is 23.2 Å². The van der Waals surface area contributed by atoms with Gasteiger partial charge in [0.25, 0.3) is 11.7 Å². The number of aliphatic hydroxyl groups is 1. The molecule has 0 radical (unpaired) electrons. The number of aliphatic hydroxyl groups excluding tert-OH is 1. The zero-order valence-electron chi connectivity index (χ0n) is 17.0. The molecule has 0 spiro atoms. The van der Waals surface area contributed by atoms with Crippen molar-refractivity contribution in [2.75, 3.05) is 7.11 Å². The number of benzene rings is 2. The highest BCUT2D eigenvalue weighted by atomic mass is 35.5. The third-order valence-corrected chi connectivity index (χ3v) is 5.79. The van der Waals surface area contributed by atoms with Crippen molar-refractivity contribution in [2.45, 2.75) is 12.6 Å². The first-order chi connectivity index (χ1) is 15.4. The molecule has 1 fully saturated rings. The van der Waals surface area contributed by atoms with E-state index in [4.69, 9.17) is 27.9 Å². The Morgan fingerprint density at radius 1 is 1.12 bits per heavy atom. The summed E-state index contributed by atoms with van der Waals surface area (Å²) in [6.07, 6.45) is 3.25. The topological polar surface area (TPSA) is 79.7 Å². The molecule has 0 saturated carbocycles. The number of nitrogens with zero attached hydrogens (tertiary/aromatic N) is 2. The number of Topliss-reactive ketones (excluding diaryl/α,β-unsaturated/α-hetero) is 1. The Kier molecular flexibility index (Phi) is 6.17. The Hall–Kier alpha value is -3.35. The summed E-state index contributed by atoms with van der Waals surface area (Å²) in [6, 6.07) is 14.2. The number of pyridine rings is 1. The van der Waals surface area contributed by atoms with Gasteiger partial charge in [-0.1, -0.05) is 41.4 Å². The fourth-order valence-electron chi connectivity index (χ4n) is 3.69. The van der Waals surface area contributed by atoms with Gasteiger partial charge in [-0.2, -0.15) is 0 Å². The molecule has 2 heterocycles. The summed E-state index contributed by atoms with van der Waals surface area (Å²) < 4.78 is 5.22. The molecule has 8 heteroatoms. The average Bonchev–Trinajstić information content (AvgIpc) is 3.05. The Morgan fingerprint density at radius 3 is 2.53 bits per heavy atom. The largest absolute Gasteiger partial charge is 0.507 e. The minimum absolute atomic E-state index is 0.0226. The zero-order valence-corrected chi connectivity index (χ0v) is 18.5. The van der Waals surface area contributed by atoms with Crippen molar-refractivity contribution in [3.63, 3.8) is 0 Å². The predicted octanol–water partition coefficient (Wildman–Crippen LogP) is 5.02. The first-order valence-electron chi connectivity index (χ1n) is 9.67. The van der Waals surface area contributed by atoms with E-state index >= 15 is 0 Å². The van der Waals surface area contributed by atoms with Crippen LogP contribution in [0.4, 0.5) is 0 Å². The molecule has 3 aromatic rings. The summed E-state index contributed by atoms with van der Waals surface area (Å²) in [5.41, 5.74) is 1.68. The smallest absolute Gasteiger partial charge is 0.295 e. The van der Waals surface area contributed by atoms with Crippen molar-refractivity contribution in [1.82, 2.24) is 9.88 Å². The van der Waals surface area contributed by atoms with Gasteiger partial charge in [0, 0.05) is 29.5 Å². The van der Waals surface area contributed by atoms with Crippen LogP contribution in [0.15, 0.2) is 72.6 Å². The average molecular weight is 469 g/mol. The van der Waals surface area contributed by atoms with Crippen LogP contribution in [0.1, 0.15) is 22.7 Å². The van der Waals surface area contributed by atoms with E-state index in [0.717, 1.165) is 5.56 Å². The number of aromatic nitrogens is 1. The molecule has 0 bridgehead atoms. The molecule has 1 aliphatic heterocycles. The summed E-state index contributed by atoms with van der Waals surface area (Å²) in [7, 11) is 1.45. The Balaban J connectivity index is 1.87. The third-order valence-electron chi connectivity index (χ3n) is 5.23. The van der Waals surface area contributed by atoms with E-state index in [1.54, 1.807) is 54.9 Å². The minimum atomic E-state index is -0.811. The summed E-state index contributed by atoms with van der Waals surface area (Å²) in [4.78, 5) is 31.6. The van der Waals surface area contributed by atoms with Crippen LogP contribution in [-0.2, 0) is 16.1 Å². The molecule has 1 N–H and O–H groups in total. The van der Waals surface area contributed by atoms with Crippen molar-refractivity contribution in [2.24, 2.45) is 0 Å². The quantitative estimate of drug-likeness (QED) is 0.323. The number of amides is 1. The molecular weight excluding hydrogens is 451 g/mol. The summed E-state index contributed by atoms with van der Waals surface area (Å²) in [5.74, 6) is -1.47. The number of methoxy groups -OCH3 is 1. The number of ether oxygens (including phenoxy) is 1. The standard InChI is InChI=1S/C24H18Cl2N2O4/c1-32-19-11-16(6-9-18(19)26)22(29)20-21(15-4-7-17(25)8-5-15)28(24(31)23(20)30)13-14-3-2-10-27-12-14/h2-12,21,29H,13H2,1H3/b22-20-. The second-order valence-corrected chi connectivity index (χ2v) is 8.03. The maximum absolute atomic E-state index is 13.1. The molecule has 1 unspecified atom stereocenters.